The lowest BCUT2D eigenvalue weighted by molar-refractivity contribution is -0.120. The number of imidazole rings is 1. The van der Waals surface area contributed by atoms with E-state index in [2.05, 4.69) is 15.3 Å². The van der Waals surface area contributed by atoms with Crippen LogP contribution in [0.4, 0.5) is 4.39 Å². The van der Waals surface area contributed by atoms with Gasteiger partial charge in [-0.05, 0) is 39.5 Å². The standard InChI is InChI=1S/C20H29FN4O4/c1-5-27-20-23-17-10-16(21)19(24-18(17)25(20)4)29-15-8-6-14(7-9-15)28-11-12(2)22-13(3)26/h10,12,14-15H,5-9,11H2,1-4H3,(H,22,26)/t12-,14?,15?/m0/s1. The van der Waals surface area contributed by atoms with Crippen LogP contribution in [-0.2, 0) is 16.6 Å². The highest BCUT2D eigenvalue weighted by Crippen LogP contribution is 2.28. The van der Waals surface area contributed by atoms with Crippen molar-refractivity contribution in [3.8, 4) is 11.9 Å². The number of fused-ring (bicyclic) bond motifs is 1. The molecule has 1 aliphatic rings. The highest BCUT2D eigenvalue weighted by atomic mass is 19.1. The van der Waals surface area contributed by atoms with Gasteiger partial charge < -0.3 is 19.5 Å². The average molecular weight is 408 g/mol. The van der Waals surface area contributed by atoms with Crippen molar-refractivity contribution in [2.24, 2.45) is 7.05 Å². The van der Waals surface area contributed by atoms with Gasteiger partial charge >= 0.3 is 0 Å². The van der Waals surface area contributed by atoms with Crippen LogP contribution in [0.3, 0.4) is 0 Å². The zero-order valence-corrected chi connectivity index (χ0v) is 17.4. The first-order valence-electron chi connectivity index (χ1n) is 10.1. The van der Waals surface area contributed by atoms with Crippen molar-refractivity contribution in [3.05, 3.63) is 11.9 Å². The molecule has 0 radical (unpaired) electrons. The average Bonchev–Trinajstić information content (AvgIpc) is 2.96. The number of rotatable bonds is 8. The second kappa shape index (κ2) is 9.39. The van der Waals surface area contributed by atoms with Crippen LogP contribution in [-0.4, -0.2) is 51.9 Å². The number of pyridine rings is 1. The van der Waals surface area contributed by atoms with Crippen molar-refractivity contribution in [1.82, 2.24) is 19.9 Å². The Balaban J connectivity index is 1.56. The molecule has 1 aliphatic carbocycles. The third-order valence-corrected chi connectivity index (χ3v) is 4.93. The van der Waals surface area contributed by atoms with Crippen LogP contribution in [0.15, 0.2) is 6.07 Å². The lowest BCUT2D eigenvalue weighted by Gasteiger charge is -2.29. The highest BCUT2D eigenvalue weighted by Gasteiger charge is 2.25. The van der Waals surface area contributed by atoms with Gasteiger partial charge in [-0.3, -0.25) is 9.36 Å². The number of aryl methyl sites for hydroxylation is 1. The molecule has 0 bridgehead atoms. The molecule has 1 fully saturated rings. The minimum absolute atomic E-state index is 0.00722. The van der Waals surface area contributed by atoms with Crippen LogP contribution in [0.5, 0.6) is 11.9 Å². The van der Waals surface area contributed by atoms with Gasteiger partial charge in [-0.25, -0.2) is 4.39 Å². The van der Waals surface area contributed by atoms with E-state index in [1.54, 1.807) is 11.6 Å². The molecule has 0 aliphatic heterocycles. The van der Waals surface area contributed by atoms with Crippen LogP contribution in [0, 0.1) is 5.82 Å². The van der Waals surface area contributed by atoms with Crippen LogP contribution in [0.25, 0.3) is 11.2 Å². The van der Waals surface area contributed by atoms with Crippen LogP contribution in [0.1, 0.15) is 46.5 Å². The summed E-state index contributed by atoms with van der Waals surface area (Å²) in [6.07, 6.45) is 3.17. The lowest BCUT2D eigenvalue weighted by atomic mass is 9.95. The maximum atomic E-state index is 14.5. The van der Waals surface area contributed by atoms with Crippen molar-refractivity contribution < 1.29 is 23.4 Å². The molecule has 0 aromatic carbocycles. The van der Waals surface area contributed by atoms with Crippen molar-refractivity contribution >= 4 is 17.1 Å². The first kappa shape index (κ1) is 21.3. The monoisotopic (exact) mass is 408 g/mol. The van der Waals surface area contributed by atoms with Crippen molar-refractivity contribution in [3.63, 3.8) is 0 Å². The summed E-state index contributed by atoms with van der Waals surface area (Å²) in [5.41, 5.74) is 0.958. The summed E-state index contributed by atoms with van der Waals surface area (Å²) in [6, 6.07) is 1.71. The minimum atomic E-state index is -0.527. The number of carbonyl (C=O) groups is 1. The van der Waals surface area contributed by atoms with Gasteiger partial charge in [0.1, 0.15) is 11.6 Å². The third-order valence-electron chi connectivity index (χ3n) is 4.93. The summed E-state index contributed by atoms with van der Waals surface area (Å²) < 4.78 is 33.3. The third kappa shape index (κ3) is 5.35. The lowest BCUT2D eigenvalue weighted by Crippen LogP contribution is -2.37. The van der Waals surface area contributed by atoms with E-state index in [0.717, 1.165) is 25.7 Å². The molecule has 1 N–H and O–H groups in total. The Labute approximate surface area is 169 Å². The summed E-state index contributed by atoms with van der Waals surface area (Å²) in [4.78, 5) is 19.6. The summed E-state index contributed by atoms with van der Waals surface area (Å²) in [5.74, 6) is -0.597. The smallest absolute Gasteiger partial charge is 0.298 e. The molecule has 160 valence electrons. The summed E-state index contributed by atoms with van der Waals surface area (Å²) in [6.45, 7) is 6.22. The fraction of sp³-hybridized carbons (Fsp3) is 0.650. The fourth-order valence-electron chi connectivity index (χ4n) is 3.54. The summed E-state index contributed by atoms with van der Waals surface area (Å²) >= 11 is 0. The molecule has 1 saturated carbocycles. The van der Waals surface area contributed by atoms with Gasteiger partial charge in [0.15, 0.2) is 11.5 Å². The van der Waals surface area contributed by atoms with Gasteiger partial charge in [0.05, 0.1) is 19.3 Å². The Hall–Kier alpha value is -2.42. The number of carbonyl (C=O) groups excluding carboxylic acids is 1. The van der Waals surface area contributed by atoms with Crippen LogP contribution >= 0.6 is 0 Å². The molecule has 9 heteroatoms. The zero-order valence-electron chi connectivity index (χ0n) is 17.4. The van der Waals surface area contributed by atoms with E-state index in [9.17, 15) is 9.18 Å². The number of nitrogens with zero attached hydrogens (tertiary/aromatic N) is 3. The van der Waals surface area contributed by atoms with Crippen molar-refractivity contribution in [2.45, 2.75) is 64.7 Å². The van der Waals surface area contributed by atoms with Gasteiger partial charge in [-0.2, -0.15) is 9.97 Å². The van der Waals surface area contributed by atoms with Crippen molar-refractivity contribution in [2.75, 3.05) is 13.2 Å². The molecule has 2 aromatic heterocycles. The van der Waals surface area contributed by atoms with Crippen LogP contribution < -0.4 is 14.8 Å². The predicted molar refractivity (Wildman–Crippen MR) is 106 cm³/mol. The number of ether oxygens (including phenoxy) is 3. The molecule has 3 rings (SSSR count). The van der Waals surface area contributed by atoms with E-state index in [1.807, 2.05) is 13.8 Å². The number of aromatic nitrogens is 3. The molecule has 1 atom stereocenters. The Morgan fingerprint density at radius 1 is 1.31 bits per heavy atom. The molecular weight excluding hydrogens is 379 g/mol. The highest BCUT2D eigenvalue weighted by molar-refractivity contribution is 5.73. The molecule has 0 spiro atoms. The molecule has 2 aromatic rings. The Kier molecular flexibility index (Phi) is 6.89. The predicted octanol–water partition coefficient (Wildman–Crippen LogP) is 2.74. The molecule has 1 amide bonds. The summed E-state index contributed by atoms with van der Waals surface area (Å²) in [7, 11) is 1.78. The van der Waals surface area contributed by atoms with Gasteiger partial charge in [-0.15, -0.1) is 0 Å². The van der Waals surface area contributed by atoms with Gasteiger partial charge in [0, 0.05) is 26.1 Å². The second-order valence-electron chi connectivity index (χ2n) is 7.46. The largest absolute Gasteiger partial charge is 0.472 e. The number of amides is 1. The van der Waals surface area contributed by atoms with E-state index >= 15 is 0 Å². The maximum absolute atomic E-state index is 14.5. The molecule has 29 heavy (non-hydrogen) atoms. The Bertz CT molecular complexity index is 849. The molecule has 0 unspecified atom stereocenters. The quantitative estimate of drug-likeness (QED) is 0.723. The number of halogens is 1. The van der Waals surface area contributed by atoms with E-state index in [4.69, 9.17) is 14.2 Å². The minimum Gasteiger partial charge on any atom is -0.472 e. The number of hydrogen-bond donors (Lipinski definition) is 1. The number of hydrogen-bond acceptors (Lipinski definition) is 6. The van der Waals surface area contributed by atoms with Crippen LogP contribution in [0.2, 0.25) is 0 Å². The molecular formula is C20H29FN4O4. The maximum Gasteiger partial charge on any atom is 0.298 e. The van der Waals surface area contributed by atoms with E-state index in [0.29, 0.717) is 30.4 Å². The molecule has 0 saturated heterocycles. The van der Waals surface area contributed by atoms with Crippen molar-refractivity contribution in [1.29, 1.82) is 0 Å². The van der Waals surface area contributed by atoms with Gasteiger partial charge in [0.25, 0.3) is 11.9 Å². The first-order chi connectivity index (χ1) is 13.9. The fourth-order valence-corrected chi connectivity index (χ4v) is 3.54. The molecule has 8 nitrogen and oxygen atoms in total. The van der Waals surface area contributed by atoms with E-state index in [1.165, 1.54) is 13.0 Å². The zero-order chi connectivity index (χ0) is 21.0. The SMILES string of the molecule is CCOc1nc2cc(F)c(OC3CCC(OC[C@H](C)NC(C)=O)CC3)nc2n1C. The molecule has 2 heterocycles. The topological polar surface area (TPSA) is 87.5 Å². The Morgan fingerprint density at radius 3 is 2.66 bits per heavy atom. The second-order valence-corrected chi connectivity index (χ2v) is 7.46. The number of nitrogens with one attached hydrogen (secondary N) is 1. The first-order valence-corrected chi connectivity index (χ1v) is 10.1. The summed E-state index contributed by atoms with van der Waals surface area (Å²) in [5, 5.41) is 2.80. The van der Waals surface area contributed by atoms with Gasteiger partial charge in [-0.1, -0.05) is 0 Å². The normalized spacial score (nSPS) is 20.4. The van der Waals surface area contributed by atoms with Gasteiger partial charge in [0.2, 0.25) is 5.91 Å². The van der Waals surface area contributed by atoms with E-state index < -0.39 is 5.82 Å². The Morgan fingerprint density at radius 2 is 2.00 bits per heavy atom. The van der Waals surface area contributed by atoms with E-state index in [-0.39, 0.29) is 30.0 Å².